The molecule has 0 fully saturated rings. The zero-order valence-electron chi connectivity index (χ0n) is 11.7. The fraction of sp³-hybridized carbons (Fsp3) is 0.400. The highest BCUT2D eigenvalue weighted by Gasteiger charge is 2.05. The van der Waals surface area contributed by atoms with Gasteiger partial charge in [-0.3, -0.25) is 4.79 Å². The van der Waals surface area contributed by atoms with Crippen LogP contribution in [0.15, 0.2) is 24.3 Å². The third kappa shape index (κ3) is 5.46. The molecule has 0 saturated carbocycles. The van der Waals surface area contributed by atoms with Crippen molar-refractivity contribution < 1.29 is 14.3 Å². The van der Waals surface area contributed by atoms with Gasteiger partial charge < -0.3 is 15.2 Å². The van der Waals surface area contributed by atoms with E-state index in [4.69, 9.17) is 15.2 Å². The second-order valence-corrected chi connectivity index (χ2v) is 4.68. The average molecular weight is 263 g/mol. The zero-order chi connectivity index (χ0) is 14.3. The monoisotopic (exact) mass is 263 g/mol. The summed E-state index contributed by atoms with van der Waals surface area (Å²) in [5.41, 5.74) is 5.89. The van der Waals surface area contributed by atoms with E-state index < -0.39 is 5.91 Å². The zero-order valence-corrected chi connectivity index (χ0v) is 11.7. The van der Waals surface area contributed by atoms with Crippen molar-refractivity contribution in [2.75, 3.05) is 13.7 Å². The van der Waals surface area contributed by atoms with Crippen LogP contribution >= 0.6 is 0 Å². The summed E-state index contributed by atoms with van der Waals surface area (Å²) in [7, 11) is 1.59. The van der Waals surface area contributed by atoms with Crippen LogP contribution in [-0.4, -0.2) is 19.6 Å². The maximum absolute atomic E-state index is 10.7. The van der Waals surface area contributed by atoms with Crippen molar-refractivity contribution in [3.63, 3.8) is 0 Å². The Kier molecular flexibility index (Phi) is 5.93. The van der Waals surface area contributed by atoms with Crippen molar-refractivity contribution in [1.82, 2.24) is 0 Å². The van der Waals surface area contributed by atoms with Gasteiger partial charge in [0.15, 0.2) is 11.5 Å². The Morgan fingerprint density at radius 3 is 2.68 bits per heavy atom. The highest BCUT2D eigenvalue weighted by molar-refractivity contribution is 5.90. The first-order valence-electron chi connectivity index (χ1n) is 6.31. The number of benzene rings is 1. The van der Waals surface area contributed by atoms with Crippen LogP contribution in [0.1, 0.15) is 25.8 Å². The fourth-order valence-electron chi connectivity index (χ4n) is 1.49. The summed E-state index contributed by atoms with van der Waals surface area (Å²) in [4.78, 5) is 10.7. The van der Waals surface area contributed by atoms with E-state index in [1.54, 1.807) is 13.2 Å². The van der Waals surface area contributed by atoms with E-state index in [0.717, 1.165) is 12.0 Å². The number of hydrogen-bond acceptors (Lipinski definition) is 3. The molecule has 0 aliphatic heterocycles. The molecule has 4 nitrogen and oxygen atoms in total. The minimum absolute atomic E-state index is 0.476. The second kappa shape index (κ2) is 7.46. The second-order valence-electron chi connectivity index (χ2n) is 4.68. The SMILES string of the molecule is COc1cc(/C=C\C(N)=O)ccc1OCCC(C)C. The summed E-state index contributed by atoms with van der Waals surface area (Å²) in [6.07, 6.45) is 3.95. The molecule has 0 aliphatic carbocycles. The van der Waals surface area contributed by atoms with E-state index in [1.165, 1.54) is 6.08 Å². The van der Waals surface area contributed by atoms with Crippen molar-refractivity contribution in [1.29, 1.82) is 0 Å². The molecule has 19 heavy (non-hydrogen) atoms. The predicted octanol–water partition coefficient (Wildman–Crippen LogP) is 2.62. The minimum Gasteiger partial charge on any atom is -0.493 e. The molecule has 1 amide bonds. The van der Waals surface area contributed by atoms with Crippen molar-refractivity contribution in [3.05, 3.63) is 29.8 Å². The quantitative estimate of drug-likeness (QED) is 0.769. The normalized spacial score (nSPS) is 10.9. The lowest BCUT2D eigenvalue weighted by Crippen LogP contribution is -2.05. The first-order chi connectivity index (χ1) is 9.02. The van der Waals surface area contributed by atoms with Crippen molar-refractivity contribution in [2.24, 2.45) is 11.7 Å². The van der Waals surface area contributed by atoms with E-state index >= 15 is 0 Å². The molecule has 0 aliphatic rings. The Balaban J connectivity index is 2.75. The summed E-state index contributed by atoms with van der Waals surface area (Å²) in [6.45, 7) is 4.96. The van der Waals surface area contributed by atoms with Gasteiger partial charge in [0.25, 0.3) is 0 Å². The van der Waals surface area contributed by atoms with Gasteiger partial charge in [0, 0.05) is 6.08 Å². The molecule has 0 bridgehead atoms. The largest absolute Gasteiger partial charge is 0.493 e. The number of amides is 1. The number of nitrogens with two attached hydrogens (primary N) is 1. The number of hydrogen-bond donors (Lipinski definition) is 1. The standard InChI is InChI=1S/C15H21NO3/c1-11(2)8-9-19-13-6-4-12(5-7-15(16)17)10-14(13)18-3/h4-7,10-11H,8-9H2,1-3H3,(H2,16,17)/b7-5-. The number of primary amides is 1. The van der Waals surface area contributed by atoms with Crippen molar-refractivity contribution in [2.45, 2.75) is 20.3 Å². The highest BCUT2D eigenvalue weighted by Crippen LogP contribution is 2.28. The van der Waals surface area contributed by atoms with Crippen LogP contribution in [0.5, 0.6) is 11.5 Å². The molecule has 1 rings (SSSR count). The van der Waals surface area contributed by atoms with Gasteiger partial charge in [-0.25, -0.2) is 0 Å². The Labute approximate surface area is 114 Å². The molecule has 0 atom stereocenters. The molecule has 0 aromatic heterocycles. The molecular weight excluding hydrogens is 242 g/mol. The molecule has 2 N–H and O–H groups in total. The van der Waals surface area contributed by atoms with Crippen LogP contribution in [0, 0.1) is 5.92 Å². The molecule has 0 radical (unpaired) electrons. The summed E-state index contributed by atoms with van der Waals surface area (Å²) >= 11 is 0. The lowest BCUT2D eigenvalue weighted by Gasteiger charge is -2.12. The summed E-state index contributed by atoms with van der Waals surface area (Å²) in [6, 6.07) is 5.50. The van der Waals surface area contributed by atoms with Crippen molar-refractivity contribution >= 4 is 12.0 Å². The molecule has 1 aromatic carbocycles. The minimum atomic E-state index is -0.476. The maximum Gasteiger partial charge on any atom is 0.241 e. The lowest BCUT2D eigenvalue weighted by atomic mass is 10.1. The Morgan fingerprint density at radius 2 is 2.11 bits per heavy atom. The maximum atomic E-state index is 10.7. The predicted molar refractivity (Wildman–Crippen MR) is 76.2 cm³/mol. The van der Waals surface area contributed by atoms with Crippen LogP contribution in [0.2, 0.25) is 0 Å². The Morgan fingerprint density at radius 1 is 1.37 bits per heavy atom. The fourth-order valence-corrected chi connectivity index (χ4v) is 1.49. The Hall–Kier alpha value is -1.97. The van der Waals surface area contributed by atoms with Gasteiger partial charge in [0.05, 0.1) is 13.7 Å². The van der Waals surface area contributed by atoms with Gasteiger partial charge in [-0.15, -0.1) is 0 Å². The number of ether oxygens (including phenoxy) is 2. The summed E-state index contributed by atoms with van der Waals surface area (Å²) < 4.78 is 11.0. The van der Waals surface area contributed by atoms with E-state index in [1.807, 2.05) is 18.2 Å². The molecule has 0 heterocycles. The number of rotatable bonds is 7. The average Bonchev–Trinajstić information content (AvgIpc) is 2.36. The molecule has 1 aromatic rings. The molecule has 104 valence electrons. The third-order valence-electron chi connectivity index (χ3n) is 2.58. The van der Waals surface area contributed by atoms with Crippen molar-refractivity contribution in [3.8, 4) is 11.5 Å². The molecule has 0 saturated heterocycles. The first kappa shape index (κ1) is 15.1. The van der Waals surface area contributed by atoms with Gasteiger partial charge in [-0.05, 0) is 36.1 Å². The number of carbonyl (C=O) groups is 1. The molecule has 4 heteroatoms. The smallest absolute Gasteiger partial charge is 0.241 e. The van der Waals surface area contributed by atoms with Gasteiger partial charge in [-0.2, -0.15) is 0 Å². The van der Waals surface area contributed by atoms with E-state index in [2.05, 4.69) is 13.8 Å². The van der Waals surface area contributed by atoms with E-state index in [0.29, 0.717) is 24.0 Å². The van der Waals surface area contributed by atoms with Crippen LogP contribution in [-0.2, 0) is 4.79 Å². The molecular formula is C15H21NO3. The highest BCUT2D eigenvalue weighted by atomic mass is 16.5. The summed E-state index contributed by atoms with van der Waals surface area (Å²) in [5.74, 6) is 1.48. The van der Waals surface area contributed by atoms with E-state index in [-0.39, 0.29) is 0 Å². The van der Waals surface area contributed by atoms with Crippen LogP contribution < -0.4 is 15.2 Å². The van der Waals surface area contributed by atoms with Gasteiger partial charge >= 0.3 is 0 Å². The Bertz CT molecular complexity index is 453. The number of carbonyl (C=O) groups excluding carboxylic acids is 1. The first-order valence-corrected chi connectivity index (χ1v) is 6.31. The third-order valence-corrected chi connectivity index (χ3v) is 2.58. The van der Waals surface area contributed by atoms with Crippen LogP contribution in [0.25, 0.3) is 6.08 Å². The molecule has 0 spiro atoms. The topological polar surface area (TPSA) is 61.5 Å². The van der Waals surface area contributed by atoms with E-state index in [9.17, 15) is 4.79 Å². The summed E-state index contributed by atoms with van der Waals surface area (Å²) in [5, 5.41) is 0. The van der Waals surface area contributed by atoms with Gasteiger partial charge in [0.1, 0.15) is 0 Å². The molecule has 0 unspecified atom stereocenters. The van der Waals surface area contributed by atoms with Gasteiger partial charge in [0.2, 0.25) is 5.91 Å². The van der Waals surface area contributed by atoms with Gasteiger partial charge in [-0.1, -0.05) is 19.9 Å². The van der Waals surface area contributed by atoms with Crippen LogP contribution in [0.3, 0.4) is 0 Å². The lowest BCUT2D eigenvalue weighted by molar-refractivity contribution is -0.113. The number of methoxy groups -OCH3 is 1. The van der Waals surface area contributed by atoms with Crippen LogP contribution in [0.4, 0.5) is 0 Å².